The Hall–Kier alpha value is -0.860. The summed E-state index contributed by atoms with van der Waals surface area (Å²) in [7, 11) is 0. The summed E-state index contributed by atoms with van der Waals surface area (Å²) in [6.45, 7) is 6.18. The SMILES string of the molecule is CCCc1ccc(C(O)CN(CC)C2CC2)cc1. The molecule has 2 nitrogen and oxygen atoms in total. The molecule has 0 heterocycles. The van der Waals surface area contributed by atoms with Crippen LogP contribution < -0.4 is 0 Å². The molecule has 0 bridgehead atoms. The molecular formula is C16H25NO. The Morgan fingerprint density at radius 3 is 2.39 bits per heavy atom. The van der Waals surface area contributed by atoms with E-state index in [2.05, 4.69) is 43.0 Å². The highest BCUT2D eigenvalue weighted by molar-refractivity contribution is 5.24. The van der Waals surface area contributed by atoms with Gasteiger partial charge < -0.3 is 5.11 Å². The lowest BCUT2D eigenvalue weighted by atomic mass is 10.0. The number of benzene rings is 1. The van der Waals surface area contributed by atoms with Crippen LogP contribution in [0.1, 0.15) is 50.3 Å². The van der Waals surface area contributed by atoms with Crippen LogP contribution in [-0.4, -0.2) is 29.1 Å². The van der Waals surface area contributed by atoms with Crippen molar-refractivity contribution in [2.75, 3.05) is 13.1 Å². The number of hydrogen-bond donors (Lipinski definition) is 1. The second kappa shape index (κ2) is 6.35. The monoisotopic (exact) mass is 247 g/mol. The van der Waals surface area contributed by atoms with E-state index in [1.54, 1.807) is 0 Å². The van der Waals surface area contributed by atoms with Crippen LogP contribution in [0.2, 0.25) is 0 Å². The van der Waals surface area contributed by atoms with E-state index in [0.717, 1.165) is 31.1 Å². The maximum absolute atomic E-state index is 10.3. The fraction of sp³-hybridized carbons (Fsp3) is 0.625. The summed E-state index contributed by atoms with van der Waals surface area (Å²) in [5.41, 5.74) is 2.41. The van der Waals surface area contributed by atoms with E-state index >= 15 is 0 Å². The van der Waals surface area contributed by atoms with Crippen molar-refractivity contribution in [3.05, 3.63) is 35.4 Å². The lowest BCUT2D eigenvalue weighted by Gasteiger charge is -2.23. The van der Waals surface area contributed by atoms with Crippen LogP contribution >= 0.6 is 0 Å². The van der Waals surface area contributed by atoms with Crippen molar-refractivity contribution in [1.29, 1.82) is 0 Å². The number of aliphatic hydroxyl groups is 1. The van der Waals surface area contributed by atoms with Crippen LogP contribution in [0.15, 0.2) is 24.3 Å². The molecule has 0 aliphatic heterocycles. The Morgan fingerprint density at radius 1 is 1.22 bits per heavy atom. The molecule has 2 rings (SSSR count). The molecule has 1 fully saturated rings. The second-order valence-corrected chi connectivity index (χ2v) is 5.33. The first-order valence-electron chi connectivity index (χ1n) is 7.25. The number of hydrogen-bond acceptors (Lipinski definition) is 2. The van der Waals surface area contributed by atoms with Gasteiger partial charge in [0.05, 0.1) is 6.10 Å². The topological polar surface area (TPSA) is 23.5 Å². The van der Waals surface area contributed by atoms with Gasteiger partial charge >= 0.3 is 0 Å². The Kier molecular flexibility index (Phi) is 4.79. The maximum atomic E-state index is 10.3. The van der Waals surface area contributed by atoms with Gasteiger partial charge in [-0.25, -0.2) is 0 Å². The van der Waals surface area contributed by atoms with E-state index in [0.29, 0.717) is 0 Å². The normalized spacial score (nSPS) is 17.1. The van der Waals surface area contributed by atoms with Gasteiger partial charge in [0.1, 0.15) is 0 Å². The molecule has 2 heteroatoms. The predicted molar refractivity (Wildman–Crippen MR) is 75.7 cm³/mol. The lowest BCUT2D eigenvalue weighted by molar-refractivity contribution is 0.112. The fourth-order valence-electron chi connectivity index (χ4n) is 2.50. The zero-order valence-electron chi connectivity index (χ0n) is 11.6. The third-order valence-corrected chi connectivity index (χ3v) is 3.78. The molecule has 18 heavy (non-hydrogen) atoms. The Bertz CT molecular complexity index is 356. The quantitative estimate of drug-likeness (QED) is 0.800. The van der Waals surface area contributed by atoms with Crippen molar-refractivity contribution in [1.82, 2.24) is 4.90 Å². The zero-order chi connectivity index (χ0) is 13.0. The summed E-state index contributed by atoms with van der Waals surface area (Å²) in [5, 5.41) is 10.3. The summed E-state index contributed by atoms with van der Waals surface area (Å²) in [5.74, 6) is 0. The molecule has 100 valence electrons. The molecule has 1 saturated carbocycles. The molecule has 0 radical (unpaired) electrons. The third kappa shape index (κ3) is 3.56. The zero-order valence-corrected chi connectivity index (χ0v) is 11.6. The summed E-state index contributed by atoms with van der Waals surface area (Å²) < 4.78 is 0. The maximum Gasteiger partial charge on any atom is 0.0917 e. The Labute approximate surface area is 111 Å². The fourth-order valence-corrected chi connectivity index (χ4v) is 2.50. The number of aliphatic hydroxyl groups excluding tert-OH is 1. The molecule has 1 atom stereocenters. The lowest BCUT2D eigenvalue weighted by Crippen LogP contribution is -2.30. The van der Waals surface area contributed by atoms with Crippen LogP contribution in [0.5, 0.6) is 0 Å². The molecule has 0 aromatic heterocycles. The standard InChI is InChI=1S/C16H25NO/c1-3-5-13-6-8-14(9-7-13)16(18)12-17(4-2)15-10-11-15/h6-9,15-16,18H,3-5,10-12H2,1-2H3. The van der Waals surface area contributed by atoms with Gasteiger partial charge in [-0.15, -0.1) is 0 Å². The number of aryl methyl sites for hydroxylation is 1. The molecule has 0 saturated heterocycles. The van der Waals surface area contributed by atoms with Crippen molar-refractivity contribution in [2.24, 2.45) is 0 Å². The van der Waals surface area contributed by atoms with Crippen LogP contribution in [0.4, 0.5) is 0 Å². The largest absolute Gasteiger partial charge is 0.387 e. The minimum Gasteiger partial charge on any atom is -0.387 e. The summed E-state index contributed by atoms with van der Waals surface area (Å²) in [6, 6.07) is 9.18. The van der Waals surface area contributed by atoms with E-state index in [1.165, 1.54) is 24.8 Å². The number of nitrogens with zero attached hydrogens (tertiary/aromatic N) is 1. The van der Waals surface area contributed by atoms with Gasteiger partial charge in [-0.1, -0.05) is 44.5 Å². The van der Waals surface area contributed by atoms with Crippen molar-refractivity contribution in [2.45, 2.75) is 51.7 Å². The highest BCUT2D eigenvalue weighted by atomic mass is 16.3. The first-order valence-corrected chi connectivity index (χ1v) is 7.25. The minimum atomic E-state index is -0.346. The average Bonchev–Trinajstić information content (AvgIpc) is 3.21. The predicted octanol–water partition coefficient (Wildman–Crippen LogP) is 3.16. The molecule has 0 spiro atoms. The summed E-state index contributed by atoms with van der Waals surface area (Å²) in [6.07, 6.45) is 4.56. The molecule has 1 aromatic rings. The van der Waals surface area contributed by atoms with Crippen LogP contribution in [0.3, 0.4) is 0 Å². The van der Waals surface area contributed by atoms with E-state index in [9.17, 15) is 5.11 Å². The molecule has 1 aromatic carbocycles. The second-order valence-electron chi connectivity index (χ2n) is 5.33. The van der Waals surface area contributed by atoms with E-state index in [-0.39, 0.29) is 6.10 Å². The summed E-state index contributed by atoms with van der Waals surface area (Å²) >= 11 is 0. The summed E-state index contributed by atoms with van der Waals surface area (Å²) in [4.78, 5) is 2.39. The van der Waals surface area contributed by atoms with Crippen LogP contribution in [0, 0.1) is 0 Å². The van der Waals surface area contributed by atoms with E-state index in [1.807, 2.05) is 0 Å². The van der Waals surface area contributed by atoms with Gasteiger partial charge in [0.2, 0.25) is 0 Å². The first kappa shape index (κ1) is 13.6. The van der Waals surface area contributed by atoms with Crippen molar-refractivity contribution >= 4 is 0 Å². The van der Waals surface area contributed by atoms with Crippen LogP contribution in [-0.2, 0) is 6.42 Å². The highest BCUT2D eigenvalue weighted by Gasteiger charge is 2.29. The van der Waals surface area contributed by atoms with Gasteiger partial charge in [0.25, 0.3) is 0 Å². The first-order chi connectivity index (χ1) is 8.74. The molecule has 0 amide bonds. The smallest absolute Gasteiger partial charge is 0.0917 e. The number of rotatable bonds is 7. The highest BCUT2D eigenvalue weighted by Crippen LogP contribution is 2.28. The third-order valence-electron chi connectivity index (χ3n) is 3.78. The van der Waals surface area contributed by atoms with Crippen molar-refractivity contribution < 1.29 is 5.11 Å². The van der Waals surface area contributed by atoms with Gasteiger partial charge in [0.15, 0.2) is 0 Å². The molecule has 1 aliphatic rings. The van der Waals surface area contributed by atoms with Gasteiger partial charge in [-0.3, -0.25) is 4.90 Å². The number of likely N-dealkylation sites (N-methyl/N-ethyl adjacent to an activating group) is 1. The van der Waals surface area contributed by atoms with Gasteiger partial charge in [-0.05, 0) is 36.9 Å². The van der Waals surface area contributed by atoms with Crippen molar-refractivity contribution in [3.63, 3.8) is 0 Å². The van der Waals surface area contributed by atoms with Crippen LogP contribution in [0.25, 0.3) is 0 Å². The van der Waals surface area contributed by atoms with Gasteiger partial charge in [0, 0.05) is 12.6 Å². The minimum absolute atomic E-state index is 0.346. The molecular weight excluding hydrogens is 222 g/mol. The van der Waals surface area contributed by atoms with E-state index < -0.39 is 0 Å². The van der Waals surface area contributed by atoms with E-state index in [4.69, 9.17) is 0 Å². The van der Waals surface area contributed by atoms with Gasteiger partial charge in [-0.2, -0.15) is 0 Å². The molecule has 1 N–H and O–H groups in total. The Balaban J connectivity index is 1.92. The van der Waals surface area contributed by atoms with Crippen molar-refractivity contribution in [3.8, 4) is 0 Å². The molecule has 1 aliphatic carbocycles. The Morgan fingerprint density at radius 2 is 1.89 bits per heavy atom. The molecule has 1 unspecified atom stereocenters. The average molecular weight is 247 g/mol.